The van der Waals surface area contributed by atoms with Gasteiger partial charge in [-0.15, -0.1) is 5.92 Å². The molecule has 2 aromatic carbocycles. The van der Waals surface area contributed by atoms with Crippen LogP contribution >= 0.6 is 0 Å². The van der Waals surface area contributed by atoms with Crippen LogP contribution in [0.25, 0.3) is 10.8 Å². The first-order valence-corrected chi connectivity index (χ1v) is 7.72. The minimum Gasteiger partial charge on any atom is -0.495 e. The summed E-state index contributed by atoms with van der Waals surface area (Å²) in [7, 11) is 0. The molecule has 0 aromatic heterocycles. The van der Waals surface area contributed by atoms with Crippen LogP contribution in [0.5, 0.6) is 0 Å². The van der Waals surface area contributed by atoms with E-state index >= 15 is 0 Å². The van der Waals surface area contributed by atoms with Gasteiger partial charge < -0.3 is 9.47 Å². The van der Waals surface area contributed by atoms with Gasteiger partial charge in [-0.05, 0) is 42.2 Å². The molecule has 0 N–H and O–H groups in total. The predicted molar refractivity (Wildman–Crippen MR) is 89.4 cm³/mol. The first-order valence-electron chi connectivity index (χ1n) is 7.72. The highest BCUT2D eigenvalue weighted by molar-refractivity contribution is 5.86. The largest absolute Gasteiger partial charge is 0.495 e. The van der Waals surface area contributed by atoms with Crippen molar-refractivity contribution in [1.29, 1.82) is 0 Å². The summed E-state index contributed by atoms with van der Waals surface area (Å²) in [4.78, 5) is 0. The Bertz CT molecular complexity index is 729. The van der Waals surface area contributed by atoms with Crippen molar-refractivity contribution >= 4 is 10.8 Å². The quantitative estimate of drug-likeness (QED) is 0.766. The fourth-order valence-electron chi connectivity index (χ4n) is 2.76. The summed E-state index contributed by atoms with van der Waals surface area (Å²) in [6.07, 6.45) is 4.07. The minimum absolute atomic E-state index is 0.188. The number of hydrogen-bond acceptors (Lipinski definition) is 2. The molecule has 112 valence electrons. The van der Waals surface area contributed by atoms with Gasteiger partial charge in [-0.25, -0.2) is 0 Å². The number of fused-ring (bicyclic) bond motifs is 1. The molecule has 1 atom stereocenters. The first-order chi connectivity index (χ1) is 10.9. The van der Waals surface area contributed by atoms with Crippen molar-refractivity contribution in [1.82, 2.24) is 0 Å². The molecule has 0 bridgehead atoms. The fraction of sp³-hybridized carbons (Fsp3) is 0.300. The van der Waals surface area contributed by atoms with E-state index in [9.17, 15) is 0 Å². The van der Waals surface area contributed by atoms with Crippen molar-refractivity contribution in [3.8, 4) is 11.8 Å². The van der Waals surface area contributed by atoms with Gasteiger partial charge in [0.05, 0.1) is 6.61 Å². The fourth-order valence-corrected chi connectivity index (χ4v) is 2.76. The minimum atomic E-state index is -0.188. The van der Waals surface area contributed by atoms with Crippen LogP contribution in [0.3, 0.4) is 0 Å². The van der Waals surface area contributed by atoms with Crippen LogP contribution in [0.15, 0.2) is 54.3 Å². The molecule has 1 aliphatic rings. The number of ether oxygens (including phenoxy) is 2. The maximum Gasteiger partial charge on any atom is 0.141 e. The normalized spacial score (nSPS) is 15.4. The lowest BCUT2D eigenvalue weighted by molar-refractivity contribution is 0.0407. The Morgan fingerprint density at radius 2 is 2.05 bits per heavy atom. The van der Waals surface area contributed by atoms with Crippen LogP contribution in [0.4, 0.5) is 0 Å². The van der Waals surface area contributed by atoms with Crippen molar-refractivity contribution in [2.45, 2.75) is 25.9 Å². The van der Waals surface area contributed by atoms with Gasteiger partial charge in [0.2, 0.25) is 0 Å². The van der Waals surface area contributed by atoms with Crippen molar-refractivity contribution in [2.75, 3.05) is 13.2 Å². The molecule has 0 amide bonds. The molecule has 2 aromatic rings. The maximum absolute atomic E-state index is 6.05. The topological polar surface area (TPSA) is 18.5 Å². The SMILES string of the molecule is CC#CCOC(C1=CCCCO1)c1cccc2ccccc12. The number of benzene rings is 2. The summed E-state index contributed by atoms with van der Waals surface area (Å²) in [5.74, 6) is 6.78. The van der Waals surface area contributed by atoms with Gasteiger partial charge in [-0.2, -0.15) is 0 Å². The van der Waals surface area contributed by atoms with E-state index in [1.807, 2.05) is 6.92 Å². The van der Waals surface area contributed by atoms with E-state index in [1.165, 1.54) is 10.8 Å². The van der Waals surface area contributed by atoms with Crippen LogP contribution in [-0.4, -0.2) is 13.2 Å². The molecule has 0 saturated heterocycles. The molecule has 0 fully saturated rings. The van der Waals surface area contributed by atoms with Crippen LogP contribution in [0.2, 0.25) is 0 Å². The molecule has 2 heteroatoms. The van der Waals surface area contributed by atoms with Gasteiger partial charge in [-0.3, -0.25) is 0 Å². The highest BCUT2D eigenvalue weighted by Crippen LogP contribution is 2.33. The third-order valence-electron chi connectivity index (χ3n) is 3.83. The molecule has 0 aliphatic carbocycles. The van der Waals surface area contributed by atoms with Crippen molar-refractivity contribution in [3.63, 3.8) is 0 Å². The molecule has 1 aliphatic heterocycles. The molecule has 0 radical (unpaired) electrons. The van der Waals surface area contributed by atoms with Crippen LogP contribution in [0, 0.1) is 11.8 Å². The lowest BCUT2D eigenvalue weighted by Crippen LogP contribution is -2.14. The van der Waals surface area contributed by atoms with Crippen LogP contribution in [-0.2, 0) is 9.47 Å². The highest BCUT2D eigenvalue weighted by atomic mass is 16.5. The van der Waals surface area contributed by atoms with Gasteiger partial charge in [-0.1, -0.05) is 48.4 Å². The van der Waals surface area contributed by atoms with E-state index in [2.05, 4.69) is 60.4 Å². The lowest BCUT2D eigenvalue weighted by Gasteiger charge is -2.24. The summed E-state index contributed by atoms with van der Waals surface area (Å²) >= 11 is 0. The summed E-state index contributed by atoms with van der Waals surface area (Å²) in [5.41, 5.74) is 1.14. The molecule has 0 saturated carbocycles. The van der Waals surface area contributed by atoms with Gasteiger partial charge in [0, 0.05) is 0 Å². The Labute approximate surface area is 131 Å². The molecule has 1 heterocycles. The number of allylic oxidation sites excluding steroid dienone is 1. The second-order valence-corrected chi connectivity index (χ2v) is 5.28. The van der Waals surface area contributed by atoms with Gasteiger partial charge in [0.1, 0.15) is 18.5 Å². The third-order valence-corrected chi connectivity index (χ3v) is 3.83. The third kappa shape index (κ3) is 3.16. The Morgan fingerprint density at radius 1 is 1.18 bits per heavy atom. The number of rotatable bonds is 4. The van der Waals surface area contributed by atoms with E-state index in [4.69, 9.17) is 9.47 Å². The van der Waals surface area contributed by atoms with Crippen LogP contribution in [0.1, 0.15) is 31.4 Å². The second kappa shape index (κ2) is 7.15. The molecule has 3 rings (SSSR count). The van der Waals surface area contributed by atoms with Crippen molar-refractivity contribution in [2.24, 2.45) is 0 Å². The average Bonchev–Trinajstić information content (AvgIpc) is 2.59. The Kier molecular flexibility index (Phi) is 4.78. The Hall–Kier alpha value is -2.24. The Morgan fingerprint density at radius 3 is 2.86 bits per heavy atom. The van der Waals surface area contributed by atoms with E-state index in [0.717, 1.165) is 30.8 Å². The lowest BCUT2D eigenvalue weighted by atomic mass is 9.98. The number of hydrogen-bond donors (Lipinski definition) is 0. The first kappa shape index (κ1) is 14.7. The summed E-state index contributed by atoms with van der Waals surface area (Å²) < 4.78 is 11.9. The van der Waals surface area contributed by atoms with Gasteiger partial charge >= 0.3 is 0 Å². The second-order valence-electron chi connectivity index (χ2n) is 5.28. The molecule has 1 unspecified atom stereocenters. The molecule has 0 spiro atoms. The zero-order valence-corrected chi connectivity index (χ0v) is 12.8. The van der Waals surface area contributed by atoms with E-state index < -0.39 is 0 Å². The summed E-state index contributed by atoms with van der Waals surface area (Å²) in [6.45, 7) is 2.99. The van der Waals surface area contributed by atoms with Crippen LogP contribution < -0.4 is 0 Å². The van der Waals surface area contributed by atoms with E-state index in [-0.39, 0.29) is 6.10 Å². The molecular formula is C20H20O2. The standard InChI is InChI=1S/C20H20O2/c1-2-3-14-22-20(19-13-6-7-15-21-19)18-12-8-10-16-9-4-5-11-17(16)18/h4-5,8-13,20H,6-7,14-15H2,1H3. The predicted octanol–water partition coefficient (Wildman–Crippen LogP) is 4.62. The van der Waals surface area contributed by atoms with E-state index in [0.29, 0.717) is 6.61 Å². The summed E-state index contributed by atoms with van der Waals surface area (Å²) in [6, 6.07) is 14.7. The Balaban J connectivity index is 2.02. The van der Waals surface area contributed by atoms with Crippen molar-refractivity contribution in [3.05, 3.63) is 59.9 Å². The van der Waals surface area contributed by atoms with Gasteiger partial charge in [0.25, 0.3) is 0 Å². The smallest absolute Gasteiger partial charge is 0.141 e. The summed E-state index contributed by atoms with van der Waals surface area (Å²) in [5, 5.41) is 2.42. The maximum atomic E-state index is 6.05. The molecule has 2 nitrogen and oxygen atoms in total. The average molecular weight is 292 g/mol. The highest BCUT2D eigenvalue weighted by Gasteiger charge is 2.22. The zero-order valence-electron chi connectivity index (χ0n) is 12.8. The molecular weight excluding hydrogens is 272 g/mol. The van der Waals surface area contributed by atoms with Crippen molar-refractivity contribution < 1.29 is 9.47 Å². The van der Waals surface area contributed by atoms with E-state index in [1.54, 1.807) is 0 Å². The monoisotopic (exact) mass is 292 g/mol. The molecule has 22 heavy (non-hydrogen) atoms. The van der Waals surface area contributed by atoms with Gasteiger partial charge in [0.15, 0.2) is 0 Å². The zero-order chi connectivity index (χ0) is 15.2.